The van der Waals surface area contributed by atoms with E-state index in [2.05, 4.69) is 6.92 Å². The van der Waals surface area contributed by atoms with E-state index in [4.69, 9.17) is 23.2 Å². The maximum atomic E-state index is 14.9. The highest BCUT2D eigenvalue weighted by Gasteiger charge is 2.34. The third-order valence-electron chi connectivity index (χ3n) is 5.57. The van der Waals surface area contributed by atoms with Gasteiger partial charge in [-0.15, -0.1) is 0 Å². The van der Waals surface area contributed by atoms with Gasteiger partial charge in [-0.25, -0.2) is 9.18 Å². The van der Waals surface area contributed by atoms with Crippen LogP contribution in [0.3, 0.4) is 0 Å². The number of hydrogen-bond acceptors (Lipinski definition) is 5. The van der Waals surface area contributed by atoms with E-state index >= 15 is 0 Å². The van der Waals surface area contributed by atoms with Crippen molar-refractivity contribution in [3.05, 3.63) is 37.7 Å². The third-order valence-corrected chi connectivity index (χ3v) is 5.93. The van der Waals surface area contributed by atoms with E-state index in [-0.39, 0.29) is 33.6 Å². The van der Waals surface area contributed by atoms with E-state index in [9.17, 15) is 14.0 Å². The quantitative estimate of drug-likeness (QED) is 0.774. The Morgan fingerprint density at radius 2 is 2.00 bits per heavy atom. The number of benzene rings is 1. The highest BCUT2D eigenvalue weighted by molar-refractivity contribution is 6.38. The van der Waals surface area contributed by atoms with Gasteiger partial charge in [-0.2, -0.15) is 4.68 Å². The van der Waals surface area contributed by atoms with Crippen molar-refractivity contribution in [1.29, 1.82) is 0 Å². The minimum absolute atomic E-state index is 0.0212. The number of nitrogens with zero attached hydrogens (tertiary/aromatic N) is 3. The SMILES string of the molecule is CC1CN(c2c(F)cc3c(=O)n(N)c(=O)n(C4CC4)c3c2Cl)CC1CN. The second-order valence-corrected chi connectivity index (χ2v) is 7.73. The van der Waals surface area contributed by atoms with Crippen LogP contribution in [0.2, 0.25) is 5.02 Å². The zero-order chi connectivity index (χ0) is 18.7. The molecule has 0 amide bonds. The molecule has 4 N–H and O–H groups in total. The lowest BCUT2D eigenvalue weighted by atomic mass is 9.99. The summed E-state index contributed by atoms with van der Waals surface area (Å²) in [6.45, 7) is 3.78. The molecule has 1 saturated heterocycles. The summed E-state index contributed by atoms with van der Waals surface area (Å²) < 4.78 is 16.9. The van der Waals surface area contributed by atoms with E-state index in [1.807, 2.05) is 4.90 Å². The molecule has 2 heterocycles. The first-order valence-electron chi connectivity index (χ1n) is 8.74. The predicted molar refractivity (Wildman–Crippen MR) is 99.8 cm³/mol. The van der Waals surface area contributed by atoms with Crippen molar-refractivity contribution in [3.63, 3.8) is 0 Å². The minimum Gasteiger partial charge on any atom is -0.367 e. The molecule has 2 atom stereocenters. The monoisotopic (exact) mass is 381 g/mol. The van der Waals surface area contributed by atoms with Crippen molar-refractivity contribution in [2.45, 2.75) is 25.8 Å². The van der Waals surface area contributed by atoms with Crippen LogP contribution in [0.25, 0.3) is 10.9 Å². The van der Waals surface area contributed by atoms with E-state index < -0.39 is 17.1 Å². The molecule has 7 nitrogen and oxygen atoms in total. The van der Waals surface area contributed by atoms with E-state index in [1.165, 1.54) is 4.57 Å². The number of halogens is 2. The largest absolute Gasteiger partial charge is 0.367 e. The van der Waals surface area contributed by atoms with Crippen molar-refractivity contribution in [1.82, 2.24) is 9.24 Å². The Balaban J connectivity index is 2.00. The van der Waals surface area contributed by atoms with Gasteiger partial charge in [-0.1, -0.05) is 18.5 Å². The van der Waals surface area contributed by atoms with Crippen LogP contribution >= 0.6 is 11.6 Å². The topological polar surface area (TPSA) is 99.3 Å². The van der Waals surface area contributed by atoms with Gasteiger partial charge in [0.25, 0.3) is 5.56 Å². The first-order valence-corrected chi connectivity index (χ1v) is 9.12. The summed E-state index contributed by atoms with van der Waals surface area (Å²) in [6, 6.07) is 1.08. The zero-order valence-corrected chi connectivity index (χ0v) is 15.2. The van der Waals surface area contributed by atoms with Crippen LogP contribution in [0, 0.1) is 17.7 Å². The van der Waals surface area contributed by atoms with Gasteiger partial charge in [0, 0.05) is 19.1 Å². The summed E-state index contributed by atoms with van der Waals surface area (Å²) in [6.07, 6.45) is 1.60. The van der Waals surface area contributed by atoms with Gasteiger partial charge in [0.15, 0.2) is 0 Å². The van der Waals surface area contributed by atoms with Gasteiger partial charge in [0.1, 0.15) is 5.82 Å². The summed E-state index contributed by atoms with van der Waals surface area (Å²) in [5.41, 5.74) is 4.93. The van der Waals surface area contributed by atoms with E-state index in [1.54, 1.807) is 0 Å². The molecule has 1 aliphatic heterocycles. The van der Waals surface area contributed by atoms with Crippen LogP contribution in [0.5, 0.6) is 0 Å². The lowest BCUT2D eigenvalue weighted by Crippen LogP contribution is -2.44. The minimum atomic E-state index is -0.746. The Labute approximate surface area is 153 Å². The van der Waals surface area contributed by atoms with Gasteiger partial charge < -0.3 is 16.5 Å². The summed E-state index contributed by atoms with van der Waals surface area (Å²) in [5, 5.41) is 0.111. The Morgan fingerprint density at radius 3 is 2.58 bits per heavy atom. The lowest BCUT2D eigenvalue weighted by molar-refractivity contribution is 0.463. The molecule has 1 aromatic carbocycles. The number of hydrogen-bond donors (Lipinski definition) is 2. The fourth-order valence-corrected chi connectivity index (χ4v) is 4.31. The maximum absolute atomic E-state index is 14.9. The molecular formula is C17H21ClFN5O2. The van der Waals surface area contributed by atoms with E-state index in [0.717, 1.165) is 18.9 Å². The van der Waals surface area contributed by atoms with Crippen LogP contribution < -0.4 is 27.7 Å². The molecule has 26 heavy (non-hydrogen) atoms. The molecule has 0 spiro atoms. The van der Waals surface area contributed by atoms with Crippen molar-refractivity contribution in [2.75, 3.05) is 30.4 Å². The molecule has 9 heteroatoms. The summed E-state index contributed by atoms with van der Waals surface area (Å²) in [4.78, 5) is 26.8. The van der Waals surface area contributed by atoms with Gasteiger partial charge in [0.2, 0.25) is 0 Å². The third kappa shape index (κ3) is 2.43. The molecule has 2 fully saturated rings. The Hall–Kier alpha value is -2.06. The highest BCUT2D eigenvalue weighted by atomic mass is 35.5. The second kappa shape index (κ2) is 5.99. The number of aromatic nitrogens is 2. The van der Waals surface area contributed by atoms with Crippen molar-refractivity contribution in [3.8, 4) is 0 Å². The molecular weight excluding hydrogens is 361 g/mol. The molecule has 2 unspecified atom stereocenters. The summed E-state index contributed by atoms with van der Waals surface area (Å²) in [5.74, 6) is 5.56. The number of nitrogen functional groups attached to an aromatic ring is 1. The molecule has 2 aromatic rings. The average Bonchev–Trinajstić information content (AvgIpc) is 3.37. The molecule has 2 aliphatic rings. The first kappa shape index (κ1) is 17.4. The normalized spacial score (nSPS) is 23.2. The Bertz CT molecular complexity index is 1010. The molecule has 4 rings (SSSR count). The van der Waals surface area contributed by atoms with Gasteiger partial charge in [0.05, 0.1) is 21.6 Å². The van der Waals surface area contributed by atoms with Crippen LogP contribution in [0.15, 0.2) is 15.7 Å². The van der Waals surface area contributed by atoms with E-state index in [0.29, 0.717) is 30.2 Å². The molecule has 0 radical (unpaired) electrons. The fraction of sp³-hybridized carbons (Fsp3) is 0.529. The fourth-order valence-electron chi connectivity index (χ4n) is 3.91. The van der Waals surface area contributed by atoms with Crippen LogP contribution in [0.4, 0.5) is 10.1 Å². The standard InChI is InChI=1S/C17H21ClFN5O2/c1-8-6-22(7-9(8)5-20)15-12(19)4-11-14(13(15)18)23(10-2-3-10)17(26)24(21)16(11)25/h4,8-10H,2-3,5-7,20-21H2,1H3. The maximum Gasteiger partial charge on any atom is 0.350 e. The Morgan fingerprint density at radius 1 is 1.31 bits per heavy atom. The summed E-state index contributed by atoms with van der Waals surface area (Å²) >= 11 is 6.58. The first-order chi connectivity index (χ1) is 12.3. The van der Waals surface area contributed by atoms with Crippen LogP contribution in [-0.4, -0.2) is 28.9 Å². The van der Waals surface area contributed by atoms with Gasteiger partial charge in [-0.3, -0.25) is 9.36 Å². The van der Waals surface area contributed by atoms with Crippen molar-refractivity contribution in [2.24, 2.45) is 17.6 Å². The van der Waals surface area contributed by atoms with Crippen LogP contribution in [-0.2, 0) is 0 Å². The zero-order valence-electron chi connectivity index (χ0n) is 14.4. The molecule has 1 aromatic heterocycles. The summed E-state index contributed by atoms with van der Waals surface area (Å²) in [7, 11) is 0. The van der Waals surface area contributed by atoms with Crippen molar-refractivity contribution < 1.29 is 4.39 Å². The highest BCUT2D eigenvalue weighted by Crippen LogP contribution is 2.42. The smallest absolute Gasteiger partial charge is 0.350 e. The number of nitrogens with two attached hydrogens (primary N) is 2. The lowest BCUT2D eigenvalue weighted by Gasteiger charge is -2.23. The predicted octanol–water partition coefficient (Wildman–Crippen LogP) is 1.04. The van der Waals surface area contributed by atoms with Crippen LogP contribution in [0.1, 0.15) is 25.8 Å². The number of anilines is 1. The number of fused-ring (bicyclic) bond motifs is 1. The molecule has 1 aliphatic carbocycles. The Kier molecular flexibility index (Phi) is 4.00. The van der Waals surface area contributed by atoms with Gasteiger partial charge >= 0.3 is 5.69 Å². The second-order valence-electron chi connectivity index (χ2n) is 7.35. The van der Waals surface area contributed by atoms with Gasteiger partial charge in [-0.05, 0) is 37.3 Å². The average molecular weight is 382 g/mol. The molecule has 140 valence electrons. The molecule has 1 saturated carbocycles. The molecule has 0 bridgehead atoms. The number of rotatable bonds is 3. The van der Waals surface area contributed by atoms with Crippen molar-refractivity contribution >= 4 is 28.2 Å².